The first-order valence-corrected chi connectivity index (χ1v) is 27.5. The van der Waals surface area contributed by atoms with E-state index in [4.69, 9.17) is 54.6 Å². The summed E-state index contributed by atoms with van der Waals surface area (Å²) in [5, 5.41) is 45.9. The van der Waals surface area contributed by atoms with Gasteiger partial charge in [-0.2, -0.15) is 0 Å². The minimum Gasteiger partial charge on any atom is -0.395 e. The molecule has 0 bridgehead atoms. The van der Waals surface area contributed by atoms with Crippen LogP contribution >= 0.6 is 37.2 Å². The van der Waals surface area contributed by atoms with Gasteiger partial charge in [0, 0.05) is 75.1 Å². The fraction of sp³-hybridized carbons (Fsp3) is 0.926. The lowest BCUT2D eigenvalue weighted by Crippen LogP contribution is -2.51. The highest BCUT2D eigenvalue weighted by atomic mass is 35.5. The van der Waals surface area contributed by atoms with Gasteiger partial charge >= 0.3 is 0 Å². The Morgan fingerprint density at radius 1 is 0.418 bits per heavy atom. The van der Waals surface area contributed by atoms with E-state index in [-0.39, 0.29) is 142 Å². The molecule has 25 heteroatoms. The van der Waals surface area contributed by atoms with Gasteiger partial charge in [-0.3, -0.25) is 19.2 Å². The zero-order valence-electron chi connectivity index (χ0n) is 52.0. The Balaban J connectivity index is -0.000000191. The van der Waals surface area contributed by atoms with Crippen molar-refractivity contribution in [1.82, 2.24) is 36.0 Å². The van der Waals surface area contributed by atoms with E-state index in [1.165, 1.54) is 6.92 Å². The number of aliphatic hydroxyl groups excluding tert-OH is 4. The van der Waals surface area contributed by atoms with Crippen molar-refractivity contribution in [3.63, 3.8) is 0 Å². The topological polar surface area (TPSA) is 288 Å². The number of halogens is 3. The molecule has 3 unspecified atom stereocenters. The number of nitrogens with zero attached hydrogens (tertiary/aromatic N) is 3. The van der Waals surface area contributed by atoms with E-state index in [0.29, 0.717) is 75.9 Å². The first-order chi connectivity index (χ1) is 35.5. The molecule has 6 aliphatic heterocycles. The lowest BCUT2D eigenvalue weighted by Gasteiger charge is -2.38. The van der Waals surface area contributed by atoms with Gasteiger partial charge in [-0.1, -0.05) is 0 Å². The number of aliphatic hydroxyl groups is 4. The maximum Gasteiger partial charge on any atom is 0.220 e. The summed E-state index contributed by atoms with van der Waals surface area (Å²) in [4.78, 5) is 48.5. The van der Waals surface area contributed by atoms with Crippen LogP contribution in [-0.4, -0.2) is 255 Å². The first-order valence-electron chi connectivity index (χ1n) is 27.5. The molecule has 6 fully saturated rings. The van der Waals surface area contributed by atoms with Gasteiger partial charge in [0.2, 0.25) is 17.7 Å². The molecule has 10 N–H and O–H groups in total. The number of rotatable bonds is 6. The fourth-order valence-electron chi connectivity index (χ4n) is 8.48. The highest BCUT2D eigenvalue weighted by Gasteiger charge is 2.29. The van der Waals surface area contributed by atoms with Crippen LogP contribution in [0.25, 0.3) is 0 Å². The van der Waals surface area contributed by atoms with Crippen LogP contribution in [0.1, 0.15) is 132 Å². The summed E-state index contributed by atoms with van der Waals surface area (Å²) in [5.41, 5.74) is 5.04. The predicted molar refractivity (Wildman–Crippen MR) is 322 cm³/mol. The maximum absolute atomic E-state index is 11.1. The summed E-state index contributed by atoms with van der Waals surface area (Å²) < 4.78 is 31.5. The van der Waals surface area contributed by atoms with E-state index < -0.39 is 0 Å². The van der Waals surface area contributed by atoms with Gasteiger partial charge in [-0.05, 0) is 111 Å². The van der Waals surface area contributed by atoms with E-state index in [0.717, 1.165) is 39.6 Å². The van der Waals surface area contributed by atoms with Crippen molar-refractivity contribution in [2.45, 2.75) is 222 Å². The van der Waals surface area contributed by atoms with Gasteiger partial charge in [0.25, 0.3) is 0 Å². The van der Waals surface area contributed by atoms with Crippen molar-refractivity contribution < 1.29 is 68.0 Å². The molecule has 6 aliphatic rings. The average Bonchev–Trinajstić information content (AvgIpc) is 3.32. The number of morpholine rings is 6. The summed E-state index contributed by atoms with van der Waals surface area (Å²) in [6, 6.07) is 4.73. The van der Waals surface area contributed by atoms with Gasteiger partial charge in [0.15, 0.2) is 5.78 Å². The Hall–Kier alpha value is -1.65. The number of Topliss-reactive ketones (excluding diaryl/α,β-unsaturated/α-hetero) is 1. The first kappa shape index (κ1) is 88.6. The number of carbonyl (C=O) groups excluding carboxylic acids is 4. The van der Waals surface area contributed by atoms with Crippen molar-refractivity contribution in [3.05, 3.63) is 0 Å². The van der Waals surface area contributed by atoms with Gasteiger partial charge < -0.3 is 90.5 Å². The Morgan fingerprint density at radius 2 is 0.582 bits per heavy atom. The largest absolute Gasteiger partial charge is 0.395 e. The fourth-order valence-corrected chi connectivity index (χ4v) is 8.48. The molecule has 22 nitrogen and oxygen atoms in total. The van der Waals surface area contributed by atoms with Gasteiger partial charge in [-0.25, -0.2) is 0 Å². The summed E-state index contributed by atoms with van der Waals surface area (Å²) in [7, 11) is 0. The molecule has 6 heterocycles. The third-order valence-corrected chi connectivity index (χ3v) is 11.6. The standard InChI is InChI=1S/3C8H15NO2.C6H15NO2.3C6H13NO.C3H9NO.C3H6O2.3ClH/c3*1-6-4-11-5-7(2)9(6)8(3)10;1-5(3-8)7-6(2)4-9;3*1-5-3-8-4-6(2)7-5;1-3(4)2-5;1-3(5)2-4;;;/h3*6-7H,4-5H2,1-3H3;5-9H,3-4H2,1-2H3;3*5-7H,3-4H2,1-2H3;3,5H,2,4H2,1H3;4H,2H2,1H3;3*1H/t6-,7?;6-,7+;6-,7-;2*5-,6?;5-,6+;5-,6-;3-;;;;/m1.111.11..../s1. The number of hydrogen-bond donors (Lipinski definition) is 9. The minimum atomic E-state index is -0.333. The molecule has 6 saturated heterocycles. The van der Waals surface area contributed by atoms with E-state index in [2.05, 4.69) is 62.8 Å². The zero-order valence-corrected chi connectivity index (χ0v) is 54.4. The van der Waals surface area contributed by atoms with E-state index in [9.17, 15) is 19.2 Å². The smallest absolute Gasteiger partial charge is 0.220 e. The van der Waals surface area contributed by atoms with Gasteiger partial charge in [0.1, 0.15) is 6.61 Å². The Labute approximate surface area is 496 Å². The number of hydrogen-bond acceptors (Lipinski definition) is 19. The van der Waals surface area contributed by atoms with E-state index in [1.54, 1.807) is 27.7 Å². The molecular weight excluding hydrogens is 1090 g/mol. The molecule has 0 aromatic carbocycles. The third-order valence-electron chi connectivity index (χ3n) is 11.6. The maximum atomic E-state index is 11.1. The molecule has 0 spiro atoms. The van der Waals surface area contributed by atoms with Crippen LogP contribution in [0.15, 0.2) is 0 Å². The van der Waals surface area contributed by atoms with Crippen LogP contribution in [0.5, 0.6) is 0 Å². The molecule has 0 aromatic rings. The molecule has 0 saturated carbocycles. The van der Waals surface area contributed by atoms with Crippen LogP contribution in [0.4, 0.5) is 0 Å². The molecule has 478 valence electrons. The second kappa shape index (κ2) is 53.1. The van der Waals surface area contributed by atoms with Crippen molar-refractivity contribution in [1.29, 1.82) is 0 Å². The highest BCUT2D eigenvalue weighted by Crippen LogP contribution is 2.14. The highest BCUT2D eigenvalue weighted by molar-refractivity contribution is 5.86. The summed E-state index contributed by atoms with van der Waals surface area (Å²) in [6.45, 7) is 45.7. The third kappa shape index (κ3) is 47.4. The molecule has 15 atom stereocenters. The Bertz CT molecular complexity index is 1290. The number of amides is 3. The predicted octanol–water partition coefficient (Wildman–Crippen LogP) is 2.57. The van der Waals surface area contributed by atoms with Gasteiger partial charge in [0.05, 0.1) is 135 Å². The van der Waals surface area contributed by atoms with Crippen LogP contribution < -0.4 is 27.0 Å². The number of nitrogens with one attached hydrogen (secondary N) is 4. The van der Waals surface area contributed by atoms with E-state index >= 15 is 0 Å². The summed E-state index contributed by atoms with van der Waals surface area (Å²) in [6.07, 6.45) is 0. The number of nitrogens with two attached hydrogens (primary N) is 1. The van der Waals surface area contributed by atoms with Crippen molar-refractivity contribution in [3.8, 4) is 0 Å². The monoisotopic (exact) mass is 1210 g/mol. The molecule has 0 radical (unpaired) electrons. The molecular formula is C54H117Cl3N8O14. The van der Waals surface area contributed by atoms with E-state index in [1.807, 2.05) is 70.1 Å². The van der Waals surface area contributed by atoms with Crippen LogP contribution in [0, 0.1) is 0 Å². The number of ketones is 1. The lowest BCUT2D eigenvalue weighted by atomic mass is 10.2. The molecule has 3 amide bonds. The second-order valence-corrected chi connectivity index (χ2v) is 21.4. The Kier molecular flexibility index (Phi) is 59.5. The quantitative estimate of drug-likeness (QED) is 0.185. The number of ether oxygens (including phenoxy) is 6. The lowest BCUT2D eigenvalue weighted by molar-refractivity contribution is -0.142. The SMILES string of the molecule is CC(=O)CO.CC(=O)N1C(C)COC[C@H]1C.CC(=O)N1[C@H](C)COC[C@@H]1C.CC(=O)N1[C@H](C)COC[C@H]1C.CC(CO)N[C@H](C)CO.CC1COC[C@@H](C)N1.C[C@@H](N)CO.C[C@@H]1COC[C@@H](C)N1.C[C@@H]1COC[C@H](C)N1.Cl.Cl.Cl. The molecule has 6 rings (SSSR count). The van der Waals surface area contributed by atoms with Crippen LogP contribution in [0.3, 0.4) is 0 Å². The van der Waals surface area contributed by atoms with Crippen molar-refractivity contribution in [2.75, 3.05) is 106 Å². The van der Waals surface area contributed by atoms with Crippen molar-refractivity contribution >= 4 is 60.7 Å². The molecule has 0 aliphatic carbocycles. The van der Waals surface area contributed by atoms with Crippen molar-refractivity contribution in [2.24, 2.45) is 5.73 Å². The number of carbonyl (C=O) groups is 4. The van der Waals surface area contributed by atoms with Gasteiger partial charge in [-0.15, -0.1) is 37.2 Å². The average molecular weight is 1210 g/mol. The normalized spacial score (nSPS) is 28.9. The van der Waals surface area contributed by atoms with Crippen LogP contribution in [0.2, 0.25) is 0 Å². The summed E-state index contributed by atoms with van der Waals surface area (Å²) >= 11 is 0. The van der Waals surface area contributed by atoms with Crippen LogP contribution in [-0.2, 0) is 47.6 Å². The molecule has 79 heavy (non-hydrogen) atoms. The molecule has 0 aromatic heterocycles. The Morgan fingerprint density at radius 3 is 0.671 bits per heavy atom. The second-order valence-electron chi connectivity index (χ2n) is 21.4. The minimum absolute atomic E-state index is 0. The zero-order chi connectivity index (χ0) is 59.1. The summed E-state index contributed by atoms with van der Waals surface area (Å²) in [5.74, 6) is 0.250.